The molecule has 0 radical (unpaired) electrons. The van der Waals surface area contributed by atoms with E-state index in [0.29, 0.717) is 0 Å². The average Bonchev–Trinajstić information content (AvgIpc) is 2.65. The molecule has 0 bridgehead atoms. The molecule has 8 heteroatoms. The van der Waals surface area contributed by atoms with Crippen LogP contribution in [0.5, 0.6) is 0 Å². The van der Waals surface area contributed by atoms with Crippen LogP contribution in [0.2, 0.25) is 0 Å². The lowest BCUT2D eigenvalue weighted by Crippen LogP contribution is -2.47. The van der Waals surface area contributed by atoms with Crippen LogP contribution in [0.25, 0.3) is 0 Å². The Morgan fingerprint density at radius 3 is 1.85 bits per heavy atom. The van der Waals surface area contributed by atoms with Gasteiger partial charge in [-0.25, -0.2) is 4.79 Å². The summed E-state index contributed by atoms with van der Waals surface area (Å²) < 4.78 is 31.7. The Hall–Kier alpha value is -2.71. The highest BCUT2D eigenvalue weighted by molar-refractivity contribution is 7.85. The Kier molecular flexibility index (Phi) is 7.09. The molecule has 144 valence electrons. The van der Waals surface area contributed by atoms with Gasteiger partial charge in [-0.2, -0.15) is 8.42 Å². The molecule has 0 fully saturated rings. The number of hydrogen-bond donors (Lipinski definition) is 1. The van der Waals surface area contributed by atoms with E-state index in [2.05, 4.69) is 14.2 Å². The van der Waals surface area contributed by atoms with Gasteiger partial charge in [0.15, 0.2) is 6.04 Å². The second-order valence-electron chi connectivity index (χ2n) is 5.83. The molecule has 1 amide bonds. The van der Waals surface area contributed by atoms with Crippen LogP contribution >= 0.6 is 0 Å². The smallest absolute Gasteiger partial charge is 0.330 e. The van der Waals surface area contributed by atoms with Gasteiger partial charge in [0.05, 0.1) is 25.9 Å². The van der Waals surface area contributed by atoms with E-state index < -0.39 is 40.6 Å². The van der Waals surface area contributed by atoms with Gasteiger partial charge in [0.2, 0.25) is 5.91 Å². The van der Waals surface area contributed by atoms with Crippen molar-refractivity contribution >= 4 is 22.0 Å². The predicted molar refractivity (Wildman–Crippen MR) is 99.5 cm³/mol. The molecule has 0 saturated heterocycles. The van der Waals surface area contributed by atoms with Crippen molar-refractivity contribution in [1.29, 1.82) is 0 Å². The van der Waals surface area contributed by atoms with Crippen LogP contribution < -0.4 is 5.32 Å². The van der Waals surface area contributed by atoms with Gasteiger partial charge in [-0.1, -0.05) is 60.7 Å². The molecular formula is C19H21NO6S. The number of carbonyl (C=O) groups is 2. The van der Waals surface area contributed by atoms with E-state index in [-0.39, 0.29) is 0 Å². The number of carbonyl (C=O) groups excluding carboxylic acids is 2. The zero-order valence-electron chi connectivity index (χ0n) is 15.0. The molecule has 7 nitrogen and oxygen atoms in total. The first kappa shape index (κ1) is 20.6. The van der Waals surface area contributed by atoms with Crippen molar-refractivity contribution in [2.24, 2.45) is 0 Å². The Bertz CT molecular complexity index is 828. The van der Waals surface area contributed by atoms with E-state index in [0.717, 1.165) is 24.5 Å². The SMILES string of the molecule is COC(=O)[C@@H](COS(C)(=O)=O)NC(=O)C(c1ccccc1)c1ccccc1. The van der Waals surface area contributed by atoms with Crippen LogP contribution in [-0.4, -0.2) is 46.3 Å². The highest BCUT2D eigenvalue weighted by atomic mass is 32.2. The maximum Gasteiger partial charge on any atom is 0.330 e. The summed E-state index contributed by atoms with van der Waals surface area (Å²) in [5.74, 6) is -1.95. The van der Waals surface area contributed by atoms with Gasteiger partial charge in [0, 0.05) is 0 Å². The molecule has 0 spiro atoms. The number of rotatable bonds is 8. The van der Waals surface area contributed by atoms with Crippen molar-refractivity contribution < 1.29 is 26.9 Å². The van der Waals surface area contributed by atoms with Gasteiger partial charge in [0.1, 0.15) is 0 Å². The summed E-state index contributed by atoms with van der Waals surface area (Å²) >= 11 is 0. The van der Waals surface area contributed by atoms with Crippen LogP contribution in [0.3, 0.4) is 0 Å². The molecule has 0 aliphatic heterocycles. The third kappa shape index (κ3) is 6.19. The monoisotopic (exact) mass is 391 g/mol. The highest BCUT2D eigenvalue weighted by Crippen LogP contribution is 2.25. The number of nitrogens with one attached hydrogen (secondary N) is 1. The first-order valence-electron chi connectivity index (χ1n) is 8.14. The molecule has 0 aliphatic rings. The lowest BCUT2D eigenvalue weighted by molar-refractivity contribution is -0.146. The summed E-state index contributed by atoms with van der Waals surface area (Å²) in [7, 11) is -2.63. The number of amides is 1. The molecule has 27 heavy (non-hydrogen) atoms. The van der Waals surface area contributed by atoms with E-state index in [1.807, 2.05) is 36.4 Å². The predicted octanol–water partition coefficient (Wildman–Crippen LogP) is 1.45. The first-order valence-corrected chi connectivity index (χ1v) is 9.96. The molecule has 2 aromatic carbocycles. The third-order valence-electron chi connectivity index (χ3n) is 3.78. The van der Waals surface area contributed by atoms with Crippen molar-refractivity contribution in [2.45, 2.75) is 12.0 Å². The number of hydrogen-bond acceptors (Lipinski definition) is 6. The number of benzene rings is 2. The van der Waals surface area contributed by atoms with Crippen LogP contribution in [-0.2, 0) is 28.6 Å². The van der Waals surface area contributed by atoms with E-state index in [1.54, 1.807) is 24.3 Å². The number of methoxy groups -OCH3 is 1. The van der Waals surface area contributed by atoms with Crippen LogP contribution in [0.15, 0.2) is 60.7 Å². The third-order valence-corrected chi connectivity index (χ3v) is 4.34. The largest absolute Gasteiger partial charge is 0.467 e. The Labute approximate surface area is 158 Å². The summed E-state index contributed by atoms with van der Waals surface area (Å²) in [6.07, 6.45) is 0.861. The molecule has 0 unspecified atom stereocenters. The molecule has 2 aromatic rings. The van der Waals surface area contributed by atoms with Gasteiger partial charge >= 0.3 is 5.97 Å². The van der Waals surface area contributed by atoms with Gasteiger partial charge < -0.3 is 10.1 Å². The van der Waals surface area contributed by atoms with E-state index in [9.17, 15) is 18.0 Å². The molecule has 0 aromatic heterocycles. The fraction of sp³-hybridized carbons (Fsp3) is 0.263. The minimum absolute atomic E-state index is 0.472. The molecule has 1 N–H and O–H groups in total. The van der Waals surface area contributed by atoms with Crippen molar-refractivity contribution in [2.75, 3.05) is 20.0 Å². The fourth-order valence-electron chi connectivity index (χ4n) is 2.54. The van der Waals surface area contributed by atoms with Crippen molar-refractivity contribution in [1.82, 2.24) is 5.32 Å². The van der Waals surface area contributed by atoms with Crippen LogP contribution in [0.4, 0.5) is 0 Å². The van der Waals surface area contributed by atoms with E-state index in [4.69, 9.17) is 0 Å². The minimum Gasteiger partial charge on any atom is -0.467 e. The molecule has 1 atom stereocenters. The summed E-state index contributed by atoms with van der Waals surface area (Å²) in [5.41, 5.74) is 1.46. The number of ether oxygens (including phenoxy) is 1. The second-order valence-corrected chi connectivity index (χ2v) is 7.47. The normalized spacial score (nSPS) is 12.4. The van der Waals surface area contributed by atoms with Crippen molar-refractivity contribution in [3.05, 3.63) is 71.8 Å². The number of esters is 1. The maximum atomic E-state index is 13.0. The summed E-state index contributed by atoms with van der Waals surface area (Å²) in [6, 6.07) is 16.9. The van der Waals surface area contributed by atoms with Gasteiger partial charge in [-0.3, -0.25) is 8.98 Å². The van der Waals surface area contributed by atoms with Gasteiger partial charge in [0.25, 0.3) is 10.1 Å². The topological polar surface area (TPSA) is 98.8 Å². The van der Waals surface area contributed by atoms with Crippen molar-refractivity contribution in [3.63, 3.8) is 0 Å². The fourth-order valence-corrected chi connectivity index (χ4v) is 2.93. The highest BCUT2D eigenvalue weighted by Gasteiger charge is 2.29. The lowest BCUT2D eigenvalue weighted by atomic mass is 9.90. The molecular weight excluding hydrogens is 370 g/mol. The first-order chi connectivity index (χ1) is 12.8. The molecule has 0 aliphatic carbocycles. The van der Waals surface area contributed by atoms with Gasteiger partial charge in [-0.15, -0.1) is 0 Å². The minimum atomic E-state index is -3.78. The van der Waals surface area contributed by atoms with Crippen LogP contribution in [0.1, 0.15) is 17.0 Å². The maximum absolute atomic E-state index is 13.0. The Morgan fingerprint density at radius 1 is 0.963 bits per heavy atom. The average molecular weight is 391 g/mol. The Balaban J connectivity index is 2.29. The molecule has 0 saturated carbocycles. The second kappa shape index (κ2) is 9.29. The zero-order chi connectivity index (χ0) is 19.9. The standard InChI is InChI=1S/C19H21NO6S/c1-25-19(22)16(13-26-27(2,23)24)20-18(21)17(14-9-5-3-6-10-14)15-11-7-4-8-12-15/h3-12,16-17H,13H2,1-2H3,(H,20,21)/t16-/m1/s1. The quantitative estimate of drug-likeness (QED) is 0.540. The Morgan fingerprint density at radius 2 is 1.44 bits per heavy atom. The molecule has 2 rings (SSSR count). The van der Waals surface area contributed by atoms with Crippen LogP contribution in [0, 0.1) is 0 Å². The van der Waals surface area contributed by atoms with Crippen molar-refractivity contribution in [3.8, 4) is 0 Å². The summed E-state index contributed by atoms with van der Waals surface area (Å²) in [5, 5.41) is 2.53. The summed E-state index contributed by atoms with van der Waals surface area (Å²) in [6.45, 7) is -0.548. The van der Waals surface area contributed by atoms with E-state index >= 15 is 0 Å². The summed E-state index contributed by atoms with van der Waals surface area (Å²) in [4.78, 5) is 24.9. The molecule has 0 heterocycles. The zero-order valence-corrected chi connectivity index (χ0v) is 15.8. The lowest BCUT2D eigenvalue weighted by Gasteiger charge is -2.21. The van der Waals surface area contributed by atoms with E-state index in [1.165, 1.54) is 0 Å². The van der Waals surface area contributed by atoms with Gasteiger partial charge in [-0.05, 0) is 11.1 Å².